The van der Waals surface area contributed by atoms with Crippen LogP contribution in [0.1, 0.15) is 39.4 Å². The number of aryl methyl sites for hydroxylation is 4. The van der Waals surface area contributed by atoms with Crippen molar-refractivity contribution in [3.63, 3.8) is 0 Å². The van der Waals surface area contributed by atoms with E-state index in [4.69, 9.17) is 19.2 Å². The molecule has 0 saturated carbocycles. The van der Waals surface area contributed by atoms with Gasteiger partial charge in [0.25, 0.3) is 0 Å². The Labute approximate surface area is 206 Å². The molecule has 3 aliphatic rings. The van der Waals surface area contributed by atoms with E-state index >= 15 is 0 Å². The summed E-state index contributed by atoms with van der Waals surface area (Å²) in [5.41, 5.74) is 10.7. The standard InChI is InChI=1S/C28H32N2O3S/c1-16-11-24(31-5)18(3)9-20(16)13-21-14-33-15-23-26(21)29-28-30(7-8-34-28)27(23)22-10-19(4)25(32-6)12-17(22)2/h9-13,27H,7-8,14-15H2,1-6H3. The summed E-state index contributed by atoms with van der Waals surface area (Å²) < 4.78 is 17.3. The number of thioether (sulfide) groups is 1. The Balaban J connectivity index is 1.65. The van der Waals surface area contributed by atoms with Crippen LogP contribution in [0.4, 0.5) is 0 Å². The number of amidine groups is 1. The van der Waals surface area contributed by atoms with E-state index in [9.17, 15) is 0 Å². The molecule has 1 atom stereocenters. The first-order chi connectivity index (χ1) is 16.4. The SMILES string of the molecule is COc1cc(C)c(C=C2COCC3=C2N=C2SCCN2C3c2cc(C)c(OC)cc2C)cc1C. The van der Waals surface area contributed by atoms with Gasteiger partial charge in [0.1, 0.15) is 11.5 Å². The summed E-state index contributed by atoms with van der Waals surface area (Å²) in [6.07, 6.45) is 2.25. The van der Waals surface area contributed by atoms with Gasteiger partial charge in [-0.05, 0) is 91.4 Å². The summed E-state index contributed by atoms with van der Waals surface area (Å²) in [7, 11) is 3.46. The van der Waals surface area contributed by atoms with Crippen molar-refractivity contribution in [1.82, 2.24) is 4.90 Å². The Morgan fingerprint density at radius 3 is 2.38 bits per heavy atom. The van der Waals surface area contributed by atoms with Gasteiger partial charge in [-0.3, -0.25) is 0 Å². The Kier molecular flexibility index (Phi) is 6.21. The van der Waals surface area contributed by atoms with E-state index in [1.165, 1.54) is 27.8 Å². The number of ether oxygens (including phenoxy) is 3. The zero-order chi connectivity index (χ0) is 24.0. The molecule has 5 rings (SSSR count). The van der Waals surface area contributed by atoms with Gasteiger partial charge in [0.15, 0.2) is 5.17 Å². The Bertz CT molecular complexity index is 1240. The normalized spacial score (nSPS) is 20.9. The fraction of sp³-hybridized carbons (Fsp3) is 0.393. The molecule has 2 aromatic carbocycles. The van der Waals surface area contributed by atoms with Gasteiger partial charge in [-0.15, -0.1) is 0 Å². The second-order valence-electron chi connectivity index (χ2n) is 9.23. The molecular formula is C28H32N2O3S. The maximum atomic E-state index is 6.18. The lowest BCUT2D eigenvalue weighted by molar-refractivity contribution is 0.157. The number of methoxy groups -OCH3 is 2. The first-order valence-electron chi connectivity index (χ1n) is 11.7. The van der Waals surface area contributed by atoms with Crippen molar-refractivity contribution in [2.24, 2.45) is 4.99 Å². The van der Waals surface area contributed by atoms with Gasteiger partial charge in [-0.1, -0.05) is 11.8 Å². The van der Waals surface area contributed by atoms with Crippen LogP contribution in [-0.4, -0.2) is 49.8 Å². The lowest BCUT2D eigenvalue weighted by Gasteiger charge is -2.39. The molecule has 2 aromatic rings. The summed E-state index contributed by atoms with van der Waals surface area (Å²) in [4.78, 5) is 7.63. The fourth-order valence-corrected chi connectivity index (χ4v) is 6.16. The molecule has 3 heterocycles. The Hall–Kier alpha value is -2.70. The molecule has 3 aliphatic heterocycles. The second kappa shape index (κ2) is 9.16. The minimum Gasteiger partial charge on any atom is -0.496 e. The van der Waals surface area contributed by atoms with E-state index in [0.29, 0.717) is 13.2 Å². The lowest BCUT2D eigenvalue weighted by Crippen LogP contribution is -2.37. The first-order valence-corrected chi connectivity index (χ1v) is 12.7. The van der Waals surface area contributed by atoms with E-state index in [2.05, 4.69) is 62.9 Å². The van der Waals surface area contributed by atoms with Crippen LogP contribution in [0.2, 0.25) is 0 Å². The van der Waals surface area contributed by atoms with Crippen molar-refractivity contribution >= 4 is 23.0 Å². The highest BCUT2D eigenvalue weighted by Crippen LogP contribution is 2.45. The summed E-state index contributed by atoms with van der Waals surface area (Å²) in [5, 5.41) is 1.12. The molecular weight excluding hydrogens is 444 g/mol. The van der Waals surface area contributed by atoms with Crippen LogP contribution >= 0.6 is 11.8 Å². The summed E-state index contributed by atoms with van der Waals surface area (Å²) in [6.45, 7) is 10.7. The highest BCUT2D eigenvalue weighted by molar-refractivity contribution is 8.14. The second-order valence-corrected chi connectivity index (χ2v) is 10.3. The first kappa shape index (κ1) is 23.1. The van der Waals surface area contributed by atoms with Crippen LogP contribution in [0.25, 0.3) is 6.08 Å². The highest BCUT2D eigenvalue weighted by Gasteiger charge is 2.39. The van der Waals surface area contributed by atoms with Crippen molar-refractivity contribution in [3.8, 4) is 11.5 Å². The van der Waals surface area contributed by atoms with Crippen LogP contribution in [0.5, 0.6) is 11.5 Å². The Morgan fingerprint density at radius 1 is 0.941 bits per heavy atom. The monoisotopic (exact) mass is 476 g/mol. The average molecular weight is 477 g/mol. The number of benzene rings is 2. The smallest absolute Gasteiger partial charge is 0.165 e. The largest absolute Gasteiger partial charge is 0.496 e. The highest BCUT2D eigenvalue weighted by atomic mass is 32.2. The molecule has 0 amide bonds. The van der Waals surface area contributed by atoms with Crippen molar-refractivity contribution < 1.29 is 14.2 Å². The molecule has 0 bridgehead atoms. The van der Waals surface area contributed by atoms with Crippen molar-refractivity contribution in [3.05, 3.63) is 74.5 Å². The van der Waals surface area contributed by atoms with Crippen LogP contribution in [0.3, 0.4) is 0 Å². The molecule has 0 radical (unpaired) electrons. The van der Waals surface area contributed by atoms with Crippen LogP contribution in [-0.2, 0) is 4.74 Å². The molecule has 5 nitrogen and oxygen atoms in total. The third-order valence-electron chi connectivity index (χ3n) is 6.97. The minimum absolute atomic E-state index is 0.129. The van der Waals surface area contributed by atoms with E-state index in [0.717, 1.165) is 51.4 Å². The molecule has 0 aromatic heterocycles. The maximum Gasteiger partial charge on any atom is 0.165 e. The molecule has 0 N–H and O–H groups in total. The molecule has 178 valence electrons. The number of hydrogen-bond donors (Lipinski definition) is 0. The topological polar surface area (TPSA) is 43.3 Å². The number of nitrogens with zero attached hydrogens (tertiary/aromatic N) is 2. The predicted octanol–water partition coefficient (Wildman–Crippen LogP) is 5.76. The molecule has 1 unspecified atom stereocenters. The van der Waals surface area contributed by atoms with Gasteiger partial charge in [0, 0.05) is 23.4 Å². The lowest BCUT2D eigenvalue weighted by atomic mass is 9.87. The predicted molar refractivity (Wildman–Crippen MR) is 140 cm³/mol. The Morgan fingerprint density at radius 2 is 1.65 bits per heavy atom. The number of hydrogen-bond acceptors (Lipinski definition) is 6. The van der Waals surface area contributed by atoms with Crippen molar-refractivity contribution in [2.75, 3.05) is 39.7 Å². The quantitative estimate of drug-likeness (QED) is 0.561. The average Bonchev–Trinajstić information content (AvgIpc) is 3.29. The number of aliphatic imine (C=N–C) groups is 1. The van der Waals surface area contributed by atoms with Gasteiger partial charge >= 0.3 is 0 Å². The van der Waals surface area contributed by atoms with Crippen molar-refractivity contribution in [1.29, 1.82) is 0 Å². The van der Waals surface area contributed by atoms with Crippen LogP contribution in [0, 0.1) is 27.7 Å². The van der Waals surface area contributed by atoms with E-state index < -0.39 is 0 Å². The van der Waals surface area contributed by atoms with Gasteiger partial charge in [0.05, 0.1) is 39.2 Å². The molecule has 6 heteroatoms. The third kappa shape index (κ3) is 3.93. The van der Waals surface area contributed by atoms with Gasteiger partial charge in [-0.2, -0.15) is 0 Å². The van der Waals surface area contributed by atoms with E-state index in [1.54, 1.807) is 14.2 Å². The maximum absolute atomic E-state index is 6.18. The van der Waals surface area contributed by atoms with E-state index in [-0.39, 0.29) is 6.04 Å². The van der Waals surface area contributed by atoms with Gasteiger partial charge < -0.3 is 19.1 Å². The summed E-state index contributed by atoms with van der Waals surface area (Å²) >= 11 is 1.85. The third-order valence-corrected chi connectivity index (χ3v) is 7.94. The fourth-order valence-electron chi connectivity index (χ4n) is 5.17. The molecule has 1 saturated heterocycles. The van der Waals surface area contributed by atoms with Crippen LogP contribution < -0.4 is 9.47 Å². The zero-order valence-corrected chi connectivity index (χ0v) is 21.6. The molecule has 1 fully saturated rings. The van der Waals surface area contributed by atoms with E-state index in [1.807, 2.05) is 11.8 Å². The molecule has 34 heavy (non-hydrogen) atoms. The van der Waals surface area contributed by atoms with Gasteiger partial charge in [-0.25, -0.2) is 4.99 Å². The molecule has 0 spiro atoms. The summed E-state index contributed by atoms with van der Waals surface area (Å²) in [5.74, 6) is 2.91. The van der Waals surface area contributed by atoms with Gasteiger partial charge in [0.2, 0.25) is 0 Å². The van der Waals surface area contributed by atoms with Crippen LogP contribution in [0.15, 0.2) is 46.1 Å². The molecule has 0 aliphatic carbocycles. The number of rotatable bonds is 4. The van der Waals surface area contributed by atoms with Crippen molar-refractivity contribution in [2.45, 2.75) is 33.7 Å². The zero-order valence-electron chi connectivity index (χ0n) is 20.8. The summed E-state index contributed by atoms with van der Waals surface area (Å²) in [6, 6.07) is 8.86. The number of fused-ring (bicyclic) bond motifs is 1. The minimum atomic E-state index is 0.129.